The molecular weight excluding hydrogens is 238 g/mol. The molecule has 1 amide bonds. The lowest BCUT2D eigenvalue weighted by Gasteiger charge is -2.06. The zero-order chi connectivity index (χ0) is 13.5. The maximum Gasteiger partial charge on any atom is 0.238 e. The smallest absolute Gasteiger partial charge is 0.238 e. The number of carbonyl (C=O) groups is 1. The summed E-state index contributed by atoms with van der Waals surface area (Å²) in [6, 6.07) is 13.4. The van der Waals surface area contributed by atoms with Gasteiger partial charge in [0.05, 0.1) is 12.2 Å². The fourth-order valence-electron chi connectivity index (χ4n) is 1.65. The van der Waals surface area contributed by atoms with Crippen LogP contribution in [0.3, 0.4) is 0 Å². The first-order valence-electron chi connectivity index (χ1n) is 6.21. The number of hydrogen-bond acceptors (Lipinski definition) is 3. The van der Waals surface area contributed by atoms with Gasteiger partial charge in [0.1, 0.15) is 0 Å². The van der Waals surface area contributed by atoms with Gasteiger partial charge in [-0.1, -0.05) is 23.8 Å². The number of benzene rings is 1. The molecule has 4 heteroatoms. The van der Waals surface area contributed by atoms with E-state index in [2.05, 4.69) is 15.6 Å². The van der Waals surface area contributed by atoms with E-state index in [9.17, 15) is 4.79 Å². The van der Waals surface area contributed by atoms with Crippen molar-refractivity contribution >= 4 is 11.6 Å². The molecule has 2 aromatic rings. The van der Waals surface area contributed by atoms with E-state index in [1.807, 2.05) is 49.4 Å². The predicted octanol–water partition coefficient (Wildman–Crippen LogP) is 2.12. The second-order valence-corrected chi connectivity index (χ2v) is 4.34. The number of aromatic nitrogens is 1. The second kappa shape index (κ2) is 6.66. The summed E-state index contributed by atoms with van der Waals surface area (Å²) in [5, 5.41) is 5.89. The highest BCUT2D eigenvalue weighted by Crippen LogP contribution is 2.07. The van der Waals surface area contributed by atoms with Gasteiger partial charge in [0.2, 0.25) is 5.91 Å². The molecule has 2 N–H and O–H groups in total. The molecule has 0 unspecified atom stereocenters. The van der Waals surface area contributed by atoms with Gasteiger partial charge in [-0.15, -0.1) is 0 Å². The Morgan fingerprint density at radius 3 is 2.63 bits per heavy atom. The number of hydrogen-bond donors (Lipinski definition) is 2. The Morgan fingerprint density at radius 1 is 1.16 bits per heavy atom. The summed E-state index contributed by atoms with van der Waals surface area (Å²) in [6.07, 6.45) is 1.74. The molecular formula is C15H17N3O. The summed E-state index contributed by atoms with van der Waals surface area (Å²) in [4.78, 5) is 15.9. The van der Waals surface area contributed by atoms with Crippen molar-refractivity contribution in [3.05, 3.63) is 59.9 Å². The Hall–Kier alpha value is -2.20. The zero-order valence-electron chi connectivity index (χ0n) is 10.9. The molecule has 0 fully saturated rings. The van der Waals surface area contributed by atoms with Crippen molar-refractivity contribution in [3.63, 3.8) is 0 Å². The van der Waals surface area contributed by atoms with Gasteiger partial charge in [-0.25, -0.2) is 0 Å². The molecule has 19 heavy (non-hydrogen) atoms. The third-order valence-electron chi connectivity index (χ3n) is 2.65. The van der Waals surface area contributed by atoms with Crippen molar-refractivity contribution in [3.8, 4) is 0 Å². The van der Waals surface area contributed by atoms with Crippen LogP contribution in [-0.4, -0.2) is 17.4 Å². The number of anilines is 1. The quantitative estimate of drug-likeness (QED) is 0.860. The van der Waals surface area contributed by atoms with Gasteiger partial charge in [0.15, 0.2) is 0 Å². The van der Waals surface area contributed by atoms with Crippen LogP contribution in [0.5, 0.6) is 0 Å². The molecule has 0 aliphatic heterocycles. The lowest BCUT2D eigenvalue weighted by Crippen LogP contribution is -2.27. The molecule has 0 saturated heterocycles. The first kappa shape index (κ1) is 13.2. The maximum absolute atomic E-state index is 11.7. The summed E-state index contributed by atoms with van der Waals surface area (Å²) in [5.41, 5.74) is 2.91. The van der Waals surface area contributed by atoms with E-state index in [4.69, 9.17) is 0 Å². The minimum atomic E-state index is -0.0558. The molecule has 0 radical (unpaired) electrons. The van der Waals surface area contributed by atoms with Crippen molar-refractivity contribution in [2.75, 3.05) is 11.9 Å². The summed E-state index contributed by atoms with van der Waals surface area (Å²) in [6.45, 7) is 2.87. The van der Waals surface area contributed by atoms with Crippen molar-refractivity contribution in [1.29, 1.82) is 0 Å². The Bertz CT molecular complexity index is 523. The topological polar surface area (TPSA) is 54.0 Å². The molecule has 0 aliphatic carbocycles. The van der Waals surface area contributed by atoms with Gasteiger partial charge in [-0.2, -0.15) is 0 Å². The Kier molecular flexibility index (Phi) is 4.64. The first-order valence-corrected chi connectivity index (χ1v) is 6.21. The molecule has 0 atom stereocenters. The van der Waals surface area contributed by atoms with Crippen LogP contribution in [0.2, 0.25) is 0 Å². The molecule has 0 spiro atoms. The number of aryl methyl sites for hydroxylation is 1. The van der Waals surface area contributed by atoms with Crippen LogP contribution in [0.1, 0.15) is 11.3 Å². The van der Waals surface area contributed by atoms with E-state index in [1.54, 1.807) is 6.20 Å². The molecule has 98 valence electrons. The number of nitrogens with zero attached hydrogens (tertiary/aromatic N) is 1. The van der Waals surface area contributed by atoms with Crippen molar-refractivity contribution in [2.24, 2.45) is 0 Å². The Labute approximate surface area is 112 Å². The van der Waals surface area contributed by atoms with Crippen molar-refractivity contribution in [2.45, 2.75) is 13.5 Å². The molecule has 0 bridgehead atoms. The van der Waals surface area contributed by atoms with Crippen LogP contribution in [0, 0.1) is 6.92 Å². The van der Waals surface area contributed by atoms with Gasteiger partial charge < -0.3 is 10.6 Å². The number of nitrogens with one attached hydrogen (secondary N) is 2. The lowest BCUT2D eigenvalue weighted by atomic mass is 10.2. The SMILES string of the molecule is Cc1ccc(NC(=O)CNCc2ccccn2)cc1. The van der Waals surface area contributed by atoms with Crippen LogP contribution in [0.4, 0.5) is 5.69 Å². The Morgan fingerprint density at radius 2 is 1.95 bits per heavy atom. The van der Waals surface area contributed by atoms with Crippen LogP contribution in [-0.2, 0) is 11.3 Å². The number of pyridine rings is 1. The minimum Gasteiger partial charge on any atom is -0.325 e. The molecule has 1 aromatic heterocycles. The summed E-state index contributed by atoms with van der Waals surface area (Å²) < 4.78 is 0. The molecule has 1 aromatic carbocycles. The maximum atomic E-state index is 11.7. The lowest BCUT2D eigenvalue weighted by molar-refractivity contribution is -0.115. The van der Waals surface area contributed by atoms with Crippen molar-refractivity contribution < 1.29 is 4.79 Å². The average molecular weight is 255 g/mol. The van der Waals surface area contributed by atoms with Gasteiger partial charge in [-0.05, 0) is 31.2 Å². The standard InChI is InChI=1S/C15H17N3O/c1-12-5-7-13(8-6-12)18-15(19)11-16-10-14-4-2-3-9-17-14/h2-9,16H,10-11H2,1H3,(H,18,19). The number of amides is 1. The molecule has 1 heterocycles. The van der Waals surface area contributed by atoms with E-state index in [-0.39, 0.29) is 12.5 Å². The van der Waals surface area contributed by atoms with E-state index in [0.29, 0.717) is 6.54 Å². The summed E-state index contributed by atoms with van der Waals surface area (Å²) in [7, 11) is 0. The fraction of sp³-hybridized carbons (Fsp3) is 0.200. The third kappa shape index (κ3) is 4.52. The number of rotatable bonds is 5. The van der Waals surface area contributed by atoms with Gasteiger partial charge in [-0.3, -0.25) is 9.78 Å². The average Bonchev–Trinajstić information content (AvgIpc) is 2.43. The van der Waals surface area contributed by atoms with Crippen LogP contribution < -0.4 is 10.6 Å². The van der Waals surface area contributed by atoms with Gasteiger partial charge in [0.25, 0.3) is 0 Å². The van der Waals surface area contributed by atoms with Crippen LogP contribution in [0.25, 0.3) is 0 Å². The summed E-state index contributed by atoms with van der Waals surface area (Å²) >= 11 is 0. The second-order valence-electron chi connectivity index (χ2n) is 4.34. The van der Waals surface area contributed by atoms with Gasteiger partial charge in [0, 0.05) is 18.4 Å². The predicted molar refractivity (Wildman–Crippen MR) is 75.8 cm³/mol. The molecule has 4 nitrogen and oxygen atoms in total. The van der Waals surface area contributed by atoms with Crippen molar-refractivity contribution in [1.82, 2.24) is 10.3 Å². The Balaban J connectivity index is 1.74. The van der Waals surface area contributed by atoms with Crippen LogP contribution in [0.15, 0.2) is 48.7 Å². The normalized spacial score (nSPS) is 10.2. The van der Waals surface area contributed by atoms with E-state index >= 15 is 0 Å². The van der Waals surface area contributed by atoms with E-state index in [1.165, 1.54) is 5.56 Å². The van der Waals surface area contributed by atoms with E-state index < -0.39 is 0 Å². The van der Waals surface area contributed by atoms with Gasteiger partial charge >= 0.3 is 0 Å². The number of carbonyl (C=O) groups excluding carboxylic acids is 1. The highest BCUT2D eigenvalue weighted by atomic mass is 16.1. The monoisotopic (exact) mass is 255 g/mol. The van der Waals surface area contributed by atoms with Crippen LogP contribution >= 0.6 is 0 Å². The summed E-state index contributed by atoms with van der Waals surface area (Å²) in [5.74, 6) is -0.0558. The highest BCUT2D eigenvalue weighted by molar-refractivity contribution is 5.92. The fourth-order valence-corrected chi connectivity index (χ4v) is 1.65. The zero-order valence-corrected chi connectivity index (χ0v) is 10.9. The molecule has 0 saturated carbocycles. The minimum absolute atomic E-state index is 0.0558. The highest BCUT2D eigenvalue weighted by Gasteiger charge is 2.01. The van der Waals surface area contributed by atoms with E-state index in [0.717, 1.165) is 11.4 Å². The molecule has 2 rings (SSSR count). The first-order chi connectivity index (χ1) is 9.24. The third-order valence-corrected chi connectivity index (χ3v) is 2.65. The largest absolute Gasteiger partial charge is 0.325 e. The molecule has 0 aliphatic rings.